The number of benzene rings is 3. The number of alkyl halides is 3. The Balaban J connectivity index is 1.06. The van der Waals surface area contributed by atoms with Crippen LogP contribution in [0.4, 0.5) is 30.8 Å². The third-order valence-electron chi connectivity index (χ3n) is 9.35. The van der Waals surface area contributed by atoms with E-state index < -0.39 is 60.6 Å². The summed E-state index contributed by atoms with van der Waals surface area (Å²) in [6.07, 6.45) is -0.418. The van der Waals surface area contributed by atoms with Crippen LogP contribution in [0.25, 0.3) is 0 Å². The van der Waals surface area contributed by atoms with Crippen molar-refractivity contribution in [2.75, 3.05) is 37.4 Å². The number of nitrogens with zero attached hydrogens (tertiary/aromatic N) is 3. The molecule has 0 bridgehead atoms. The summed E-state index contributed by atoms with van der Waals surface area (Å²) in [5, 5.41) is 14.1. The van der Waals surface area contributed by atoms with Crippen molar-refractivity contribution in [1.82, 2.24) is 30.9 Å². The van der Waals surface area contributed by atoms with Gasteiger partial charge >= 0.3 is 30.0 Å². The van der Waals surface area contributed by atoms with E-state index in [4.69, 9.17) is 21.1 Å². The largest absolute Gasteiger partial charge is 0.467 e. The molecule has 56 heavy (non-hydrogen) atoms. The van der Waals surface area contributed by atoms with Crippen molar-refractivity contribution in [3.05, 3.63) is 100 Å². The van der Waals surface area contributed by atoms with Crippen LogP contribution < -0.4 is 31.3 Å². The zero-order valence-corrected chi connectivity index (χ0v) is 30.8. The molecule has 0 saturated heterocycles. The SMILES string of the molecule is COC(=O)[C@H](CNC(=O)C(=O)NCC1CCCc2ccccc21)NC(=O)c1ccc(Nc2nc(NC3(c4ccc(Cl)cc4)CC3)nc(OCC(F)(F)F)n2)cc1. The highest BCUT2D eigenvalue weighted by Gasteiger charge is 2.45. The highest BCUT2D eigenvalue weighted by molar-refractivity contribution is 6.35. The summed E-state index contributed by atoms with van der Waals surface area (Å²) in [6.45, 7) is -1.78. The number of carbonyl (C=O) groups is 4. The van der Waals surface area contributed by atoms with Crippen molar-refractivity contribution in [3.63, 3.8) is 0 Å². The topological polar surface area (TPSA) is 186 Å². The zero-order valence-electron chi connectivity index (χ0n) is 30.0. The molecule has 1 fully saturated rings. The summed E-state index contributed by atoms with van der Waals surface area (Å²) in [5.74, 6) is -3.51. The summed E-state index contributed by atoms with van der Waals surface area (Å²) in [5.41, 5.74) is 3.15. The molecule has 2 aliphatic rings. The molecule has 18 heteroatoms. The van der Waals surface area contributed by atoms with Crippen molar-refractivity contribution in [1.29, 1.82) is 0 Å². The number of fused-ring (bicyclic) bond motifs is 1. The Bertz CT molecular complexity index is 2070. The second-order valence-electron chi connectivity index (χ2n) is 13.3. The highest BCUT2D eigenvalue weighted by atomic mass is 35.5. The Morgan fingerprint density at radius 1 is 0.911 bits per heavy atom. The van der Waals surface area contributed by atoms with E-state index in [1.807, 2.05) is 30.3 Å². The van der Waals surface area contributed by atoms with Gasteiger partial charge in [-0.05, 0) is 85.2 Å². The molecule has 3 amide bonds. The van der Waals surface area contributed by atoms with Gasteiger partial charge in [-0.25, -0.2) is 4.79 Å². The molecule has 1 heterocycles. The van der Waals surface area contributed by atoms with Gasteiger partial charge in [0.25, 0.3) is 5.91 Å². The van der Waals surface area contributed by atoms with Crippen LogP contribution in [0.15, 0.2) is 72.8 Å². The third-order valence-corrected chi connectivity index (χ3v) is 9.60. The number of ether oxygens (including phenoxy) is 2. The lowest BCUT2D eigenvalue weighted by molar-refractivity contribution is -0.154. The fraction of sp³-hybridized carbons (Fsp3) is 0.342. The van der Waals surface area contributed by atoms with Gasteiger partial charge in [0.1, 0.15) is 6.04 Å². The molecular formula is C38H38ClF3N8O6. The minimum Gasteiger partial charge on any atom is -0.467 e. The Hall–Kier alpha value is -5.97. The maximum absolute atomic E-state index is 13.1. The first-order valence-corrected chi connectivity index (χ1v) is 18.1. The van der Waals surface area contributed by atoms with Gasteiger partial charge in [-0.15, -0.1) is 0 Å². The maximum Gasteiger partial charge on any atom is 0.422 e. The maximum atomic E-state index is 13.1. The Labute approximate surface area is 324 Å². The van der Waals surface area contributed by atoms with Gasteiger partial charge in [0.15, 0.2) is 6.61 Å². The standard InChI is InChI=1S/C38H38ClF3N8O6/c1-55-33(54)29(20-44-32(53)31(52)43-19-24-7-4-6-22-5-2-3-8-28(22)24)46-30(51)23-9-15-27(16-10-23)45-34-47-35(49-36(48-34)56-21-38(40,41)42)50-37(17-18-37)25-11-13-26(39)14-12-25/h2-3,5,8-16,24,29H,4,6-7,17-21H2,1H3,(H,43,52)(H,44,53)(H,46,51)(H2,45,47,48,49,50)/t24?,29-/m0/s1. The number of rotatable bonds is 14. The van der Waals surface area contributed by atoms with E-state index in [0.29, 0.717) is 23.6 Å². The number of carbonyl (C=O) groups excluding carboxylic acids is 4. The first kappa shape index (κ1) is 39.7. The number of aromatic nitrogens is 3. The first-order chi connectivity index (χ1) is 26.8. The molecule has 0 spiro atoms. The molecule has 0 radical (unpaired) electrons. The van der Waals surface area contributed by atoms with E-state index in [9.17, 15) is 32.3 Å². The lowest BCUT2D eigenvalue weighted by Gasteiger charge is -2.25. The molecule has 1 unspecified atom stereocenters. The lowest BCUT2D eigenvalue weighted by atomic mass is 9.83. The van der Waals surface area contributed by atoms with Crippen molar-refractivity contribution in [3.8, 4) is 6.01 Å². The number of amides is 3. The number of nitrogens with one attached hydrogen (secondary N) is 5. The number of halogens is 4. The summed E-state index contributed by atoms with van der Waals surface area (Å²) >= 11 is 6.03. The van der Waals surface area contributed by atoms with Crippen LogP contribution in [0, 0.1) is 0 Å². The van der Waals surface area contributed by atoms with Gasteiger partial charge in [-0.2, -0.15) is 28.1 Å². The smallest absolute Gasteiger partial charge is 0.422 e. The fourth-order valence-electron chi connectivity index (χ4n) is 6.32. The number of methoxy groups -OCH3 is 1. The van der Waals surface area contributed by atoms with Gasteiger partial charge in [0.2, 0.25) is 11.9 Å². The zero-order chi connectivity index (χ0) is 39.9. The summed E-state index contributed by atoms with van der Waals surface area (Å²) < 4.78 is 48.5. The molecule has 4 aromatic rings. The van der Waals surface area contributed by atoms with E-state index in [1.54, 1.807) is 12.1 Å². The number of anilines is 3. The highest BCUT2D eigenvalue weighted by Crippen LogP contribution is 2.48. The summed E-state index contributed by atoms with van der Waals surface area (Å²) in [7, 11) is 1.11. The van der Waals surface area contributed by atoms with Gasteiger partial charge in [0.05, 0.1) is 12.6 Å². The predicted molar refractivity (Wildman–Crippen MR) is 198 cm³/mol. The predicted octanol–water partition coefficient (Wildman–Crippen LogP) is 4.93. The third kappa shape index (κ3) is 10.4. The fourth-order valence-corrected chi connectivity index (χ4v) is 6.45. The van der Waals surface area contributed by atoms with Crippen LogP contribution in [-0.2, 0) is 31.1 Å². The Morgan fingerprint density at radius 3 is 2.30 bits per heavy atom. The van der Waals surface area contributed by atoms with Crippen LogP contribution in [0.5, 0.6) is 6.01 Å². The summed E-state index contributed by atoms with van der Waals surface area (Å²) in [6, 6.07) is 19.0. The second kappa shape index (κ2) is 17.2. The van der Waals surface area contributed by atoms with Crippen molar-refractivity contribution in [2.45, 2.75) is 55.8 Å². The monoisotopic (exact) mass is 794 g/mol. The molecule has 1 aromatic heterocycles. The quantitative estimate of drug-likeness (QED) is 0.0861. The molecular weight excluding hydrogens is 757 g/mol. The van der Waals surface area contributed by atoms with Crippen molar-refractivity contribution < 1.29 is 41.8 Å². The molecule has 6 rings (SSSR count). The molecule has 3 aromatic carbocycles. The number of esters is 1. The van der Waals surface area contributed by atoms with E-state index in [0.717, 1.165) is 37.5 Å². The molecule has 2 atom stereocenters. The van der Waals surface area contributed by atoms with E-state index >= 15 is 0 Å². The average molecular weight is 795 g/mol. The van der Waals surface area contributed by atoms with Gasteiger partial charge < -0.3 is 36.1 Å². The van der Waals surface area contributed by atoms with Crippen LogP contribution in [0.2, 0.25) is 5.02 Å². The normalized spacial score (nSPS) is 16.0. The van der Waals surface area contributed by atoms with Gasteiger partial charge in [0, 0.05) is 35.3 Å². The number of hydrogen-bond donors (Lipinski definition) is 5. The molecule has 1 saturated carbocycles. The minimum absolute atomic E-state index is 0.0310. The molecule has 2 aliphatic carbocycles. The van der Waals surface area contributed by atoms with Crippen LogP contribution in [0.1, 0.15) is 58.6 Å². The van der Waals surface area contributed by atoms with Gasteiger partial charge in [-0.3, -0.25) is 14.4 Å². The summed E-state index contributed by atoms with van der Waals surface area (Å²) in [4.78, 5) is 63.2. The Kier molecular flexibility index (Phi) is 12.2. The Morgan fingerprint density at radius 2 is 1.61 bits per heavy atom. The van der Waals surface area contributed by atoms with Crippen LogP contribution in [-0.4, -0.2) is 77.7 Å². The molecule has 5 N–H and O–H groups in total. The number of hydrogen-bond acceptors (Lipinski definition) is 11. The number of aryl methyl sites for hydroxylation is 1. The van der Waals surface area contributed by atoms with Crippen LogP contribution >= 0.6 is 11.6 Å². The van der Waals surface area contributed by atoms with E-state index in [-0.39, 0.29) is 29.9 Å². The molecule has 0 aliphatic heterocycles. The minimum atomic E-state index is -4.64. The van der Waals surface area contributed by atoms with Crippen molar-refractivity contribution in [2.24, 2.45) is 0 Å². The first-order valence-electron chi connectivity index (χ1n) is 17.7. The average Bonchev–Trinajstić information content (AvgIpc) is 3.97. The van der Waals surface area contributed by atoms with E-state index in [1.165, 1.54) is 29.8 Å². The molecule has 14 nitrogen and oxygen atoms in total. The second-order valence-corrected chi connectivity index (χ2v) is 13.8. The van der Waals surface area contributed by atoms with Crippen LogP contribution in [0.3, 0.4) is 0 Å². The van der Waals surface area contributed by atoms with Gasteiger partial charge in [-0.1, -0.05) is 48.0 Å². The lowest BCUT2D eigenvalue weighted by Crippen LogP contribution is -2.51. The molecule has 294 valence electrons. The van der Waals surface area contributed by atoms with Crippen molar-refractivity contribution >= 4 is 52.9 Å². The van der Waals surface area contributed by atoms with E-state index in [2.05, 4.69) is 47.6 Å².